The summed E-state index contributed by atoms with van der Waals surface area (Å²) < 4.78 is 11.4. The SMILES string of the molecule is O=[N+]([O-])c1ccc(N2CCC3(CC2)OCCO3)c(Cl)c1. The van der Waals surface area contributed by atoms with Crippen molar-refractivity contribution < 1.29 is 14.4 Å². The summed E-state index contributed by atoms with van der Waals surface area (Å²) in [5.74, 6) is -0.427. The van der Waals surface area contributed by atoms with Gasteiger partial charge >= 0.3 is 0 Å². The highest BCUT2D eigenvalue weighted by Crippen LogP contribution is 2.36. The molecule has 0 bridgehead atoms. The second-order valence-electron chi connectivity index (χ2n) is 4.99. The van der Waals surface area contributed by atoms with Gasteiger partial charge in [0, 0.05) is 38.1 Å². The van der Waals surface area contributed by atoms with E-state index in [1.54, 1.807) is 6.07 Å². The van der Waals surface area contributed by atoms with Crippen molar-refractivity contribution in [3.63, 3.8) is 0 Å². The molecule has 2 saturated heterocycles. The molecular weight excluding hydrogens is 284 g/mol. The van der Waals surface area contributed by atoms with Crippen LogP contribution in [0.4, 0.5) is 11.4 Å². The van der Waals surface area contributed by atoms with Crippen molar-refractivity contribution in [2.45, 2.75) is 18.6 Å². The van der Waals surface area contributed by atoms with Crippen molar-refractivity contribution in [3.05, 3.63) is 33.3 Å². The van der Waals surface area contributed by atoms with Crippen LogP contribution in [-0.2, 0) is 9.47 Å². The number of nitro benzene ring substituents is 1. The van der Waals surface area contributed by atoms with E-state index in [0.29, 0.717) is 18.2 Å². The molecule has 0 N–H and O–H groups in total. The Kier molecular flexibility index (Phi) is 3.54. The van der Waals surface area contributed by atoms with Crippen LogP contribution in [0.1, 0.15) is 12.8 Å². The van der Waals surface area contributed by atoms with Gasteiger partial charge in [-0.3, -0.25) is 10.1 Å². The Labute approximate surface area is 121 Å². The Morgan fingerprint density at radius 3 is 2.45 bits per heavy atom. The predicted octanol–water partition coefficient (Wildman–Crippen LogP) is 2.59. The van der Waals surface area contributed by atoms with Crippen LogP contribution in [0.25, 0.3) is 0 Å². The Morgan fingerprint density at radius 1 is 1.25 bits per heavy atom. The van der Waals surface area contributed by atoms with Gasteiger partial charge in [-0.25, -0.2) is 0 Å². The highest BCUT2D eigenvalue weighted by molar-refractivity contribution is 6.33. The fourth-order valence-electron chi connectivity index (χ4n) is 2.74. The zero-order valence-electron chi connectivity index (χ0n) is 10.9. The summed E-state index contributed by atoms with van der Waals surface area (Å²) in [5, 5.41) is 11.1. The van der Waals surface area contributed by atoms with Crippen molar-refractivity contribution in [2.24, 2.45) is 0 Å². The summed E-state index contributed by atoms with van der Waals surface area (Å²) in [6, 6.07) is 4.58. The number of ether oxygens (including phenoxy) is 2. The number of halogens is 1. The molecule has 0 radical (unpaired) electrons. The maximum atomic E-state index is 10.7. The summed E-state index contributed by atoms with van der Waals surface area (Å²) >= 11 is 6.15. The summed E-state index contributed by atoms with van der Waals surface area (Å²) in [5.41, 5.74) is 0.833. The van der Waals surface area contributed by atoms with E-state index >= 15 is 0 Å². The van der Waals surface area contributed by atoms with Gasteiger partial charge in [0.05, 0.1) is 28.8 Å². The van der Waals surface area contributed by atoms with Crippen molar-refractivity contribution >= 4 is 23.0 Å². The van der Waals surface area contributed by atoms with Gasteiger partial charge in [-0.2, -0.15) is 0 Å². The number of anilines is 1. The maximum absolute atomic E-state index is 10.7. The number of benzene rings is 1. The van der Waals surface area contributed by atoms with Gasteiger partial charge in [0.25, 0.3) is 5.69 Å². The third-order valence-corrected chi connectivity index (χ3v) is 4.12. The van der Waals surface area contributed by atoms with E-state index in [1.165, 1.54) is 12.1 Å². The molecule has 1 aromatic rings. The fraction of sp³-hybridized carbons (Fsp3) is 0.538. The van der Waals surface area contributed by atoms with E-state index in [0.717, 1.165) is 31.6 Å². The molecule has 0 aliphatic carbocycles. The van der Waals surface area contributed by atoms with E-state index in [1.807, 2.05) is 0 Å². The number of rotatable bonds is 2. The lowest BCUT2D eigenvalue weighted by Crippen LogP contribution is -2.45. The first-order valence-electron chi connectivity index (χ1n) is 6.56. The van der Waals surface area contributed by atoms with E-state index in [2.05, 4.69) is 4.90 Å². The van der Waals surface area contributed by atoms with Gasteiger partial charge < -0.3 is 14.4 Å². The number of nitro groups is 1. The molecule has 20 heavy (non-hydrogen) atoms. The maximum Gasteiger partial charge on any atom is 0.271 e. The van der Waals surface area contributed by atoms with Crippen LogP contribution in [0.15, 0.2) is 18.2 Å². The molecule has 2 aliphatic rings. The van der Waals surface area contributed by atoms with Crippen LogP contribution >= 0.6 is 11.6 Å². The Bertz CT molecular complexity index is 521. The first-order valence-corrected chi connectivity index (χ1v) is 6.94. The van der Waals surface area contributed by atoms with Gasteiger partial charge in [-0.1, -0.05) is 11.6 Å². The molecule has 6 nitrogen and oxygen atoms in total. The van der Waals surface area contributed by atoms with Gasteiger partial charge in [-0.15, -0.1) is 0 Å². The first kappa shape index (κ1) is 13.6. The number of non-ortho nitro benzene ring substituents is 1. The standard InChI is InChI=1S/C13H15ClN2O4/c14-11-9-10(16(17)18)1-2-12(11)15-5-3-13(4-6-15)19-7-8-20-13/h1-2,9H,3-8H2. The molecule has 1 spiro atoms. The summed E-state index contributed by atoms with van der Waals surface area (Å²) in [6.07, 6.45) is 1.56. The molecule has 0 atom stereocenters. The van der Waals surface area contributed by atoms with E-state index < -0.39 is 10.7 Å². The lowest BCUT2D eigenvalue weighted by molar-refractivity contribution is -0.384. The van der Waals surface area contributed by atoms with Crippen molar-refractivity contribution in [2.75, 3.05) is 31.2 Å². The molecule has 2 heterocycles. The van der Waals surface area contributed by atoms with Crippen LogP contribution in [0.5, 0.6) is 0 Å². The van der Waals surface area contributed by atoms with Gasteiger partial charge in [-0.05, 0) is 6.07 Å². The zero-order valence-corrected chi connectivity index (χ0v) is 11.6. The fourth-order valence-corrected chi connectivity index (χ4v) is 3.03. The van der Waals surface area contributed by atoms with E-state index in [-0.39, 0.29) is 5.69 Å². The van der Waals surface area contributed by atoms with Crippen molar-refractivity contribution in [1.82, 2.24) is 0 Å². The lowest BCUT2D eigenvalue weighted by atomic mass is 10.0. The Hall–Kier alpha value is -1.37. The first-order chi connectivity index (χ1) is 9.60. The summed E-state index contributed by atoms with van der Waals surface area (Å²) in [4.78, 5) is 12.4. The molecule has 0 amide bonds. The van der Waals surface area contributed by atoms with Gasteiger partial charge in [0.2, 0.25) is 0 Å². The normalized spacial score (nSPS) is 21.4. The molecule has 7 heteroatoms. The summed E-state index contributed by atoms with van der Waals surface area (Å²) in [7, 11) is 0. The number of nitrogens with zero attached hydrogens (tertiary/aromatic N) is 2. The molecule has 3 rings (SSSR count). The number of piperidine rings is 1. The topological polar surface area (TPSA) is 64.8 Å². The molecule has 0 unspecified atom stereocenters. The predicted molar refractivity (Wildman–Crippen MR) is 74.2 cm³/mol. The number of hydrogen-bond donors (Lipinski definition) is 0. The van der Waals surface area contributed by atoms with Gasteiger partial charge in [0.1, 0.15) is 0 Å². The number of hydrogen-bond acceptors (Lipinski definition) is 5. The van der Waals surface area contributed by atoms with Crippen LogP contribution in [-0.4, -0.2) is 37.0 Å². The highest BCUT2D eigenvalue weighted by atomic mass is 35.5. The minimum absolute atomic E-state index is 0.00897. The second kappa shape index (κ2) is 5.20. The quantitative estimate of drug-likeness (QED) is 0.620. The second-order valence-corrected chi connectivity index (χ2v) is 5.39. The Morgan fingerprint density at radius 2 is 1.90 bits per heavy atom. The smallest absolute Gasteiger partial charge is 0.271 e. The van der Waals surface area contributed by atoms with E-state index in [9.17, 15) is 10.1 Å². The minimum Gasteiger partial charge on any atom is -0.370 e. The molecule has 1 aromatic carbocycles. The third-order valence-electron chi connectivity index (χ3n) is 3.82. The van der Waals surface area contributed by atoms with E-state index in [4.69, 9.17) is 21.1 Å². The third kappa shape index (κ3) is 2.46. The average Bonchev–Trinajstić information content (AvgIpc) is 2.88. The molecule has 2 fully saturated rings. The molecule has 2 aliphatic heterocycles. The highest BCUT2D eigenvalue weighted by Gasteiger charge is 2.40. The van der Waals surface area contributed by atoms with Crippen molar-refractivity contribution in [3.8, 4) is 0 Å². The van der Waals surface area contributed by atoms with Crippen molar-refractivity contribution in [1.29, 1.82) is 0 Å². The van der Waals surface area contributed by atoms with Crippen LogP contribution in [0.3, 0.4) is 0 Å². The minimum atomic E-state index is -0.443. The molecule has 0 saturated carbocycles. The van der Waals surface area contributed by atoms with Crippen LogP contribution in [0, 0.1) is 10.1 Å². The Balaban J connectivity index is 1.73. The molecular formula is C13H15ClN2O4. The average molecular weight is 299 g/mol. The van der Waals surface area contributed by atoms with Crippen LogP contribution in [0.2, 0.25) is 5.02 Å². The van der Waals surface area contributed by atoms with Gasteiger partial charge in [0.15, 0.2) is 5.79 Å². The lowest BCUT2D eigenvalue weighted by Gasteiger charge is -2.38. The molecule has 108 valence electrons. The zero-order chi connectivity index (χ0) is 14.2. The van der Waals surface area contributed by atoms with Crippen LogP contribution < -0.4 is 4.90 Å². The monoisotopic (exact) mass is 298 g/mol. The summed E-state index contributed by atoms with van der Waals surface area (Å²) in [6.45, 7) is 2.83. The largest absolute Gasteiger partial charge is 0.370 e. The molecule has 0 aromatic heterocycles.